The fourth-order valence-corrected chi connectivity index (χ4v) is 3.65. The summed E-state index contributed by atoms with van der Waals surface area (Å²) in [5.41, 5.74) is 7.45. The first-order chi connectivity index (χ1) is 11.7. The van der Waals surface area contributed by atoms with E-state index < -0.39 is 0 Å². The van der Waals surface area contributed by atoms with Crippen LogP contribution in [0, 0.1) is 5.41 Å². The molecule has 4 rings (SSSR count). The van der Waals surface area contributed by atoms with Crippen LogP contribution < -0.4 is 11.1 Å². The van der Waals surface area contributed by atoms with Crippen molar-refractivity contribution < 1.29 is 4.79 Å². The third-order valence-electron chi connectivity index (χ3n) is 5.35. The van der Waals surface area contributed by atoms with Gasteiger partial charge in [-0.05, 0) is 55.7 Å². The Labute approximate surface area is 140 Å². The van der Waals surface area contributed by atoms with Crippen molar-refractivity contribution in [1.29, 1.82) is 0 Å². The molecule has 0 bridgehead atoms. The molecule has 0 radical (unpaired) electrons. The predicted octanol–water partition coefficient (Wildman–Crippen LogP) is 1.93. The fourth-order valence-electron chi connectivity index (χ4n) is 3.65. The van der Waals surface area contributed by atoms with Gasteiger partial charge in [0.05, 0.1) is 0 Å². The van der Waals surface area contributed by atoms with E-state index >= 15 is 0 Å². The van der Waals surface area contributed by atoms with Crippen molar-refractivity contribution in [2.45, 2.75) is 44.2 Å². The summed E-state index contributed by atoms with van der Waals surface area (Å²) in [5.74, 6) is 0.324. The first-order valence-electron chi connectivity index (χ1n) is 8.47. The normalized spacial score (nSPS) is 28.5. The van der Waals surface area contributed by atoms with E-state index in [-0.39, 0.29) is 11.9 Å². The summed E-state index contributed by atoms with van der Waals surface area (Å²) >= 11 is 0. The number of amides is 1. The average Bonchev–Trinajstić information content (AvgIpc) is 3.26. The lowest BCUT2D eigenvalue weighted by Crippen LogP contribution is -2.39. The maximum absolute atomic E-state index is 12.5. The lowest BCUT2D eigenvalue weighted by atomic mass is 9.83. The molecule has 2 aromatic rings. The number of carbonyl (C=O) groups is 1. The third-order valence-corrected chi connectivity index (χ3v) is 5.35. The molecule has 2 saturated carbocycles. The monoisotopic (exact) mass is 323 g/mol. The van der Waals surface area contributed by atoms with Gasteiger partial charge in [-0.3, -0.25) is 9.78 Å². The Morgan fingerprint density at radius 1 is 1.17 bits per heavy atom. The van der Waals surface area contributed by atoms with Gasteiger partial charge in [0.25, 0.3) is 5.91 Å². The van der Waals surface area contributed by atoms with Crippen molar-refractivity contribution in [3.63, 3.8) is 0 Å². The molecule has 0 aliphatic heterocycles. The molecule has 1 spiro atoms. The number of pyridine rings is 1. The predicted molar refractivity (Wildman–Crippen MR) is 90.0 cm³/mol. The second-order valence-electron chi connectivity index (χ2n) is 6.90. The summed E-state index contributed by atoms with van der Waals surface area (Å²) in [7, 11) is 0. The van der Waals surface area contributed by atoms with Crippen molar-refractivity contribution >= 4 is 5.91 Å². The van der Waals surface area contributed by atoms with Crippen LogP contribution in [0.1, 0.15) is 42.6 Å². The third kappa shape index (κ3) is 2.89. The molecule has 2 aromatic heterocycles. The van der Waals surface area contributed by atoms with Crippen molar-refractivity contribution in [3.8, 4) is 11.5 Å². The summed E-state index contributed by atoms with van der Waals surface area (Å²) in [6, 6.07) is 7.76. The van der Waals surface area contributed by atoms with E-state index in [0.717, 1.165) is 32.1 Å². The highest BCUT2D eigenvalue weighted by Crippen LogP contribution is 2.54. The lowest BCUT2D eigenvalue weighted by molar-refractivity contribution is 0.0914. The number of rotatable bonds is 3. The highest BCUT2D eigenvalue weighted by atomic mass is 16.1. The molecule has 3 N–H and O–H groups in total. The molecule has 24 heavy (non-hydrogen) atoms. The molecule has 6 nitrogen and oxygen atoms in total. The van der Waals surface area contributed by atoms with E-state index in [1.807, 2.05) is 18.2 Å². The van der Waals surface area contributed by atoms with Gasteiger partial charge >= 0.3 is 0 Å². The number of nitrogens with zero attached hydrogens (tertiary/aromatic N) is 3. The van der Waals surface area contributed by atoms with Gasteiger partial charge in [-0.25, -0.2) is 9.97 Å². The highest BCUT2D eigenvalue weighted by molar-refractivity contribution is 5.92. The Bertz CT molecular complexity index is 740. The van der Waals surface area contributed by atoms with E-state index in [1.165, 1.54) is 0 Å². The van der Waals surface area contributed by atoms with Crippen LogP contribution in [0.25, 0.3) is 11.5 Å². The van der Waals surface area contributed by atoms with Crippen LogP contribution in [0.15, 0.2) is 36.7 Å². The van der Waals surface area contributed by atoms with E-state index in [2.05, 4.69) is 20.3 Å². The molecule has 2 fully saturated rings. The smallest absolute Gasteiger partial charge is 0.270 e. The SMILES string of the molecule is NC1CC12CCC(NC(=O)c1ccnc(-c3ccccn3)n1)CC2. The largest absolute Gasteiger partial charge is 0.348 e. The molecule has 124 valence electrons. The molecule has 2 aliphatic rings. The van der Waals surface area contributed by atoms with E-state index in [0.29, 0.717) is 28.7 Å². The summed E-state index contributed by atoms with van der Waals surface area (Å²) in [5, 5.41) is 3.10. The lowest BCUT2D eigenvalue weighted by Gasteiger charge is -2.29. The Kier molecular flexibility index (Phi) is 3.76. The zero-order valence-electron chi connectivity index (χ0n) is 13.5. The zero-order chi connectivity index (χ0) is 16.6. The summed E-state index contributed by atoms with van der Waals surface area (Å²) in [4.78, 5) is 25.3. The minimum absolute atomic E-state index is 0.143. The van der Waals surface area contributed by atoms with Gasteiger partial charge in [-0.2, -0.15) is 0 Å². The molecule has 2 aliphatic carbocycles. The first kappa shape index (κ1) is 15.2. The van der Waals surface area contributed by atoms with Crippen LogP contribution in [-0.2, 0) is 0 Å². The molecule has 1 unspecified atom stereocenters. The zero-order valence-corrected chi connectivity index (χ0v) is 13.5. The average molecular weight is 323 g/mol. The minimum atomic E-state index is -0.143. The number of hydrogen-bond acceptors (Lipinski definition) is 5. The van der Waals surface area contributed by atoms with Gasteiger partial charge < -0.3 is 11.1 Å². The Hall–Kier alpha value is -2.34. The van der Waals surface area contributed by atoms with Crippen LogP contribution >= 0.6 is 0 Å². The van der Waals surface area contributed by atoms with Gasteiger partial charge in [-0.15, -0.1) is 0 Å². The molecular weight excluding hydrogens is 302 g/mol. The number of hydrogen-bond donors (Lipinski definition) is 2. The van der Waals surface area contributed by atoms with Crippen molar-refractivity contribution in [2.75, 3.05) is 0 Å². The Balaban J connectivity index is 1.42. The van der Waals surface area contributed by atoms with Crippen molar-refractivity contribution in [1.82, 2.24) is 20.3 Å². The maximum Gasteiger partial charge on any atom is 0.270 e. The van der Waals surface area contributed by atoms with Gasteiger partial charge in [-0.1, -0.05) is 6.07 Å². The van der Waals surface area contributed by atoms with Gasteiger partial charge in [0.2, 0.25) is 0 Å². The molecular formula is C18H21N5O. The van der Waals surface area contributed by atoms with E-state index in [4.69, 9.17) is 5.73 Å². The standard InChI is InChI=1S/C18H21N5O/c19-15-11-18(15)7-4-12(5-8-18)22-17(24)14-6-10-21-16(23-14)13-3-1-2-9-20-13/h1-3,6,9-10,12,15H,4-5,7-8,11,19H2,(H,22,24). The quantitative estimate of drug-likeness (QED) is 0.900. The van der Waals surface area contributed by atoms with Gasteiger partial charge in [0.15, 0.2) is 5.82 Å². The van der Waals surface area contributed by atoms with Crippen molar-refractivity contribution in [2.24, 2.45) is 11.1 Å². The van der Waals surface area contributed by atoms with Gasteiger partial charge in [0.1, 0.15) is 11.4 Å². The molecule has 0 saturated heterocycles. The van der Waals surface area contributed by atoms with E-state index in [9.17, 15) is 4.79 Å². The molecule has 1 atom stereocenters. The summed E-state index contributed by atoms with van der Waals surface area (Å²) in [6.07, 6.45) is 8.66. The van der Waals surface area contributed by atoms with Crippen LogP contribution in [0.5, 0.6) is 0 Å². The van der Waals surface area contributed by atoms with Gasteiger partial charge in [0, 0.05) is 24.5 Å². The fraction of sp³-hybridized carbons (Fsp3) is 0.444. The Morgan fingerprint density at radius 2 is 1.96 bits per heavy atom. The van der Waals surface area contributed by atoms with Crippen LogP contribution in [0.3, 0.4) is 0 Å². The topological polar surface area (TPSA) is 93.8 Å². The maximum atomic E-state index is 12.5. The highest BCUT2D eigenvalue weighted by Gasteiger charge is 2.52. The number of nitrogens with one attached hydrogen (secondary N) is 1. The second kappa shape index (κ2) is 5.94. The number of carbonyl (C=O) groups excluding carboxylic acids is 1. The van der Waals surface area contributed by atoms with Crippen molar-refractivity contribution in [3.05, 3.63) is 42.4 Å². The Morgan fingerprint density at radius 3 is 2.62 bits per heavy atom. The minimum Gasteiger partial charge on any atom is -0.348 e. The molecule has 1 amide bonds. The van der Waals surface area contributed by atoms with Crippen LogP contribution in [0.4, 0.5) is 0 Å². The van der Waals surface area contributed by atoms with E-state index in [1.54, 1.807) is 18.5 Å². The first-order valence-corrected chi connectivity index (χ1v) is 8.47. The number of aromatic nitrogens is 3. The molecule has 2 heterocycles. The summed E-state index contributed by atoms with van der Waals surface area (Å²) in [6.45, 7) is 0. The molecule has 6 heteroatoms. The summed E-state index contributed by atoms with van der Waals surface area (Å²) < 4.78 is 0. The number of nitrogens with two attached hydrogens (primary N) is 1. The second-order valence-corrected chi connectivity index (χ2v) is 6.90. The van der Waals surface area contributed by atoms with Crippen LogP contribution in [-0.4, -0.2) is 32.9 Å². The molecule has 0 aromatic carbocycles. The van der Waals surface area contributed by atoms with Crippen LogP contribution in [0.2, 0.25) is 0 Å².